The quantitative estimate of drug-likeness (QED) is 0.539. The Labute approximate surface area is 115 Å². The van der Waals surface area contributed by atoms with Gasteiger partial charge in [0.05, 0.1) is 16.6 Å². The molecule has 3 heterocycles. The molecule has 0 radical (unpaired) electrons. The molecule has 4 aromatic rings. The molecule has 0 saturated carbocycles. The summed E-state index contributed by atoms with van der Waals surface area (Å²) < 4.78 is 16.6. The Kier molecular flexibility index (Phi) is 2.04. The SMILES string of the molecule is Cn1[nH]cc2c3c(cc(F)c21)nc1cc(Br)cnc13. The van der Waals surface area contributed by atoms with E-state index < -0.39 is 0 Å². The maximum atomic E-state index is 14.1. The van der Waals surface area contributed by atoms with Crippen molar-refractivity contribution in [3.63, 3.8) is 0 Å². The van der Waals surface area contributed by atoms with Gasteiger partial charge in [-0.1, -0.05) is 0 Å². The van der Waals surface area contributed by atoms with E-state index in [-0.39, 0.29) is 5.82 Å². The van der Waals surface area contributed by atoms with E-state index in [1.165, 1.54) is 6.07 Å². The van der Waals surface area contributed by atoms with Gasteiger partial charge in [0.2, 0.25) is 0 Å². The van der Waals surface area contributed by atoms with Gasteiger partial charge in [0, 0.05) is 40.8 Å². The standard InChI is InChI=1S/C13H8BrFN4/c1-19-13-7(5-17-19)11-9(3-8(13)15)18-10-2-6(14)4-16-12(10)11/h2-5,17H,1H3. The number of hydrogen-bond donors (Lipinski definition) is 1. The number of fused-ring (bicyclic) bond motifs is 5. The highest BCUT2D eigenvalue weighted by molar-refractivity contribution is 9.10. The number of aromatic amines is 1. The lowest BCUT2D eigenvalue weighted by Crippen LogP contribution is -1.91. The molecule has 0 amide bonds. The minimum absolute atomic E-state index is 0.284. The fraction of sp³-hybridized carbons (Fsp3) is 0.0769. The smallest absolute Gasteiger partial charge is 0.151 e. The summed E-state index contributed by atoms with van der Waals surface area (Å²) in [6.45, 7) is 0. The van der Waals surface area contributed by atoms with Gasteiger partial charge in [-0.05, 0) is 22.0 Å². The van der Waals surface area contributed by atoms with E-state index in [1.54, 1.807) is 24.1 Å². The van der Waals surface area contributed by atoms with Gasteiger partial charge in [-0.3, -0.25) is 9.67 Å². The Hall–Kier alpha value is -1.95. The highest BCUT2D eigenvalue weighted by atomic mass is 79.9. The number of pyridine rings is 1. The Morgan fingerprint density at radius 3 is 3.00 bits per heavy atom. The van der Waals surface area contributed by atoms with Crippen molar-refractivity contribution in [3.8, 4) is 0 Å². The van der Waals surface area contributed by atoms with Crippen molar-refractivity contribution in [2.45, 2.75) is 0 Å². The molecule has 0 aliphatic heterocycles. The van der Waals surface area contributed by atoms with Gasteiger partial charge in [0.15, 0.2) is 5.82 Å². The molecule has 6 heteroatoms. The third kappa shape index (κ3) is 1.37. The summed E-state index contributed by atoms with van der Waals surface area (Å²) >= 11 is 3.37. The van der Waals surface area contributed by atoms with Crippen LogP contribution in [0.1, 0.15) is 0 Å². The summed E-state index contributed by atoms with van der Waals surface area (Å²) in [5.74, 6) is -0.284. The van der Waals surface area contributed by atoms with Crippen LogP contribution in [-0.2, 0) is 7.05 Å². The van der Waals surface area contributed by atoms with Gasteiger partial charge < -0.3 is 5.10 Å². The molecule has 1 N–H and O–H groups in total. The number of aromatic nitrogens is 4. The van der Waals surface area contributed by atoms with Gasteiger partial charge in [-0.25, -0.2) is 9.37 Å². The molecule has 94 valence electrons. The van der Waals surface area contributed by atoms with Crippen LogP contribution >= 0.6 is 15.9 Å². The molecule has 0 bridgehead atoms. The van der Waals surface area contributed by atoms with E-state index in [9.17, 15) is 4.39 Å². The molecule has 0 fully saturated rings. The Morgan fingerprint density at radius 1 is 1.32 bits per heavy atom. The van der Waals surface area contributed by atoms with Crippen molar-refractivity contribution < 1.29 is 4.39 Å². The Balaban J connectivity index is 2.34. The number of nitrogens with one attached hydrogen (secondary N) is 1. The zero-order chi connectivity index (χ0) is 13.1. The Bertz CT molecular complexity index is 954. The predicted molar refractivity (Wildman–Crippen MR) is 75.5 cm³/mol. The van der Waals surface area contributed by atoms with Gasteiger partial charge >= 0.3 is 0 Å². The molecular weight excluding hydrogens is 311 g/mol. The molecule has 4 nitrogen and oxygen atoms in total. The van der Waals surface area contributed by atoms with Crippen LogP contribution in [0.5, 0.6) is 0 Å². The van der Waals surface area contributed by atoms with Crippen LogP contribution in [-0.4, -0.2) is 19.7 Å². The number of benzene rings is 1. The van der Waals surface area contributed by atoms with Crippen molar-refractivity contribution in [3.05, 3.63) is 34.8 Å². The lowest BCUT2D eigenvalue weighted by molar-refractivity contribution is 0.627. The highest BCUT2D eigenvalue weighted by Gasteiger charge is 2.16. The Morgan fingerprint density at radius 2 is 2.16 bits per heavy atom. The number of hydrogen-bond acceptors (Lipinski definition) is 2. The monoisotopic (exact) mass is 318 g/mol. The van der Waals surface area contributed by atoms with Gasteiger partial charge in [0.25, 0.3) is 0 Å². The number of aryl methyl sites for hydroxylation is 1. The average Bonchev–Trinajstić information content (AvgIpc) is 2.89. The molecule has 0 spiro atoms. The second-order valence-corrected chi connectivity index (χ2v) is 5.40. The van der Waals surface area contributed by atoms with E-state index in [4.69, 9.17) is 0 Å². The van der Waals surface area contributed by atoms with Crippen molar-refractivity contribution in [2.24, 2.45) is 7.05 Å². The summed E-state index contributed by atoms with van der Waals surface area (Å²) in [6, 6.07) is 3.35. The third-order valence-corrected chi connectivity index (χ3v) is 3.75. The second-order valence-electron chi connectivity index (χ2n) is 4.48. The summed E-state index contributed by atoms with van der Waals surface area (Å²) in [5.41, 5.74) is 2.72. The molecule has 0 atom stereocenters. The van der Waals surface area contributed by atoms with Crippen LogP contribution in [0.4, 0.5) is 4.39 Å². The van der Waals surface area contributed by atoms with Crippen LogP contribution in [0.2, 0.25) is 0 Å². The largest absolute Gasteiger partial charge is 0.305 e. The molecule has 3 aromatic heterocycles. The van der Waals surface area contributed by atoms with Gasteiger partial charge in [-0.2, -0.15) is 0 Å². The maximum Gasteiger partial charge on any atom is 0.151 e. The van der Waals surface area contributed by atoms with Crippen molar-refractivity contribution in [2.75, 3.05) is 0 Å². The first-order valence-electron chi connectivity index (χ1n) is 5.72. The number of halogens is 2. The first-order valence-corrected chi connectivity index (χ1v) is 6.52. The molecule has 19 heavy (non-hydrogen) atoms. The number of nitrogens with zero attached hydrogens (tertiary/aromatic N) is 3. The van der Waals surface area contributed by atoms with Gasteiger partial charge in [0.1, 0.15) is 5.52 Å². The first-order chi connectivity index (χ1) is 9.15. The topological polar surface area (TPSA) is 46.5 Å². The first kappa shape index (κ1) is 10.9. The number of H-pyrrole nitrogens is 1. The van der Waals surface area contributed by atoms with E-state index in [1.807, 2.05) is 6.07 Å². The summed E-state index contributed by atoms with van der Waals surface area (Å²) in [4.78, 5) is 8.84. The minimum atomic E-state index is -0.284. The molecular formula is C13H8BrFN4. The van der Waals surface area contributed by atoms with E-state index in [0.717, 1.165) is 26.3 Å². The molecule has 0 unspecified atom stereocenters. The van der Waals surface area contributed by atoms with E-state index >= 15 is 0 Å². The fourth-order valence-electron chi connectivity index (χ4n) is 2.53. The lowest BCUT2D eigenvalue weighted by atomic mass is 10.1. The average molecular weight is 319 g/mol. The van der Waals surface area contributed by atoms with E-state index in [2.05, 4.69) is 31.0 Å². The minimum Gasteiger partial charge on any atom is -0.305 e. The molecule has 0 saturated heterocycles. The number of rotatable bonds is 0. The molecule has 1 aromatic carbocycles. The van der Waals surface area contributed by atoms with E-state index in [0.29, 0.717) is 11.0 Å². The normalized spacial score (nSPS) is 11.9. The molecule has 4 rings (SSSR count). The summed E-state index contributed by atoms with van der Waals surface area (Å²) in [5, 5.41) is 4.67. The summed E-state index contributed by atoms with van der Waals surface area (Å²) in [6.07, 6.45) is 3.51. The van der Waals surface area contributed by atoms with Crippen LogP contribution in [0.25, 0.3) is 32.8 Å². The lowest BCUT2D eigenvalue weighted by Gasteiger charge is -1.98. The van der Waals surface area contributed by atoms with Crippen molar-refractivity contribution in [1.82, 2.24) is 19.7 Å². The molecule has 0 aliphatic carbocycles. The zero-order valence-corrected chi connectivity index (χ0v) is 11.5. The predicted octanol–water partition coefficient (Wildman–Crippen LogP) is 3.50. The highest BCUT2D eigenvalue weighted by Crippen LogP contribution is 2.33. The van der Waals surface area contributed by atoms with Crippen LogP contribution in [0.3, 0.4) is 0 Å². The maximum absolute atomic E-state index is 14.1. The van der Waals surface area contributed by atoms with Crippen LogP contribution < -0.4 is 0 Å². The second kappa shape index (κ2) is 3.54. The van der Waals surface area contributed by atoms with Crippen molar-refractivity contribution in [1.29, 1.82) is 0 Å². The van der Waals surface area contributed by atoms with Gasteiger partial charge in [-0.15, -0.1) is 0 Å². The third-order valence-electron chi connectivity index (χ3n) is 3.32. The summed E-state index contributed by atoms with van der Waals surface area (Å²) in [7, 11) is 1.78. The fourth-order valence-corrected chi connectivity index (χ4v) is 2.85. The van der Waals surface area contributed by atoms with Crippen LogP contribution in [0.15, 0.2) is 29.0 Å². The molecule has 0 aliphatic rings. The zero-order valence-electron chi connectivity index (χ0n) is 9.91. The van der Waals surface area contributed by atoms with Crippen LogP contribution in [0, 0.1) is 5.82 Å². The van der Waals surface area contributed by atoms with Crippen molar-refractivity contribution >= 4 is 48.8 Å².